The summed E-state index contributed by atoms with van der Waals surface area (Å²) in [5, 5.41) is 2.96. The highest BCUT2D eigenvalue weighted by molar-refractivity contribution is 7.98. The standard InChI is InChI=1S/C21H27N3O2S/c1-4-26-18-12-21(22,20(18,2)3)19(25)24-16-7-9-17(10-8-16)27-14-15-6-5-11-23-13-15/h5-11,13,18H,4,12,14,22H2,1-3H3,(H,24,25). The lowest BCUT2D eigenvalue weighted by Gasteiger charge is -2.57. The second-order valence-corrected chi connectivity index (χ2v) is 8.52. The van der Waals surface area contributed by atoms with Crippen LogP contribution in [-0.2, 0) is 15.3 Å². The molecular formula is C21H27N3O2S. The number of ether oxygens (including phenoxy) is 1. The van der Waals surface area contributed by atoms with E-state index in [-0.39, 0.29) is 12.0 Å². The second-order valence-electron chi connectivity index (χ2n) is 7.47. The lowest BCUT2D eigenvalue weighted by Crippen LogP contribution is -2.74. The zero-order valence-corrected chi connectivity index (χ0v) is 16.9. The van der Waals surface area contributed by atoms with Gasteiger partial charge in [-0.05, 0) is 42.8 Å². The molecule has 3 N–H and O–H groups in total. The number of nitrogens with zero attached hydrogens (tertiary/aromatic N) is 1. The SMILES string of the molecule is CCOC1CC(N)(C(=O)Nc2ccc(SCc3cccnc3)cc2)C1(C)C. The highest BCUT2D eigenvalue weighted by Gasteiger charge is 2.62. The summed E-state index contributed by atoms with van der Waals surface area (Å²) in [6.07, 6.45) is 4.21. The number of hydrogen-bond acceptors (Lipinski definition) is 5. The molecule has 0 spiro atoms. The molecule has 0 saturated heterocycles. The number of pyridine rings is 1. The van der Waals surface area contributed by atoms with E-state index in [4.69, 9.17) is 10.5 Å². The van der Waals surface area contributed by atoms with Gasteiger partial charge in [0.2, 0.25) is 5.91 Å². The summed E-state index contributed by atoms with van der Waals surface area (Å²) in [5.74, 6) is 0.706. The van der Waals surface area contributed by atoms with Crippen molar-refractivity contribution in [2.45, 2.75) is 49.5 Å². The summed E-state index contributed by atoms with van der Waals surface area (Å²) in [5.41, 5.74) is 7.06. The van der Waals surface area contributed by atoms with Crippen molar-refractivity contribution in [2.24, 2.45) is 11.1 Å². The van der Waals surface area contributed by atoms with E-state index in [0.29, 0.717) is 13.0 Å². The molecule has 5 nitrogen and oxygen atoms in total. The Morgan fingerprint density at radius 2 is 2.07 bits per heavy atom. The number of aromatic nitrogens is 1. The van der Waals surface area contributed by atoms with Crippen LogP contribution in [0, 0.1) is 5.41 Å². The lowest BCUT2D eigenvalue weighted by molar-refractivity contribution is -0.166. The van der Waals surface area contributed by atoms with Gasteiger partial charge >= 0.3 is 0 Å². The van der Waals surface area contributed by atoms with Crippen LogP contribution in [0.3, 0.4) is 0 Å². The summed E-state index contributed by atoms with van der Waals surface area (Å²) >= 11 is 1.73. The molecule has 1 fully saturated rings. The number of benzene rings is 1. The molecule has 1 aliphatic rings. The fourth-order valence-corrected chi connectivity index (χ4v) is 4.18. The van der Waals surface area contributed by atoms with Crippen molar-refractivity contribution in [3.63, 3.8) is 0 Å². The topological polar surface area (TPSA) is 77.2 Å². The van der Waals surface area contributed by atoms with Crippen LogP contribution in [0.1, 0.15) is 32.8 Å². The Morgan fingerprint density at radius 3 is 2.67 bits per heavy atom. The fraction of sp³-hybridized carbons (Fsp3) is 0.429. The van der Waals surface area contributed by atoms with E-state index >= 15 is 0 Å². The van der Waals surface area contributed by atoms with Crippen molar-refractivity contribution < 1.29 is 9.53 Å². The Labute approximate surface area is 165 Å². The predicted molar refractivity (Wildman–Crippen MR) is 110 cm³/mol. The van der Waals surface area contributed by atoms with Crippen LogP contribution in [0.4, 0.5) is 5.69 Å². The summed E-state index contributed by atoms with van der Waals surface area (Å²) in [6.45, 7) is 6.58. The van der Waals surface area contributed by atoms with Crippen LogP contribution in [0.5, 0.6) is 0 Å². The van der Waals surface area contributed by atoms with Gasteiger partial charge in [-0.2, -0.15) is 0 Å². The zero-order valence-electron chi connectivity index (χ0n) is 16.1. The quantitative estimate of drug-likeness (QED) is 0.708. The third-order valence-corrected chi connectivity index (χ3v) is 6.56. The second kappa shape index (κ2) is 8.00. The van der Waals surface area contributed by atoms with Crippen molar-refractivity contribution >= 4 is 23.4 Å². The molecule has 0 bridgehead atoms. The van der Waals surface area contributed by atoms with Gasteiger partial charge in [-0.1, -0.05) is 19.9 Å². The predicted octanol–water partition coefficient (Wildman–Crippen LogP) is 3.84. The van der Waals surface area contributed by atoms with Crippen LogP contribution in [0.2, 0.25) is 0 Å². The number of carbonyl (C=O) groups is 1. The molecular weight excluding hydrogens is 358 g/mol. The zero-order chi connectivity index (χ0) is 19.5. The first-order valence-corrected chi connectivity index (χ1v) is 10.2. The largest absolute Gasteiger partial charge is 0.378 e. The van der Waals surface area contributed by atoms with Crippen LogP contribution in [-0.4, -0.2) is 29.1 Å². The average Bonchev–Trinajstić information content (AvgIpc) is 2.68. The van der Waals surface area contributed by atoms with E-state index in [0.717, 1.165) is 16.3 Å². The minimum atomic E-state index is -0.916. The van der Waals surface area contributed by atoms with E-state index in [2.05, 4.69) is 16.4 Å². The molecule has 1 heterocycles. The highest BCUT2D eigenvalue weighted by Crippen LogP contribution is 2.50. The number of thioether (sulfide) groups is 1. The van der Waals surface area contributed by atoms with Gasteiger partial charge in [0.1, 0.15) is 5.54 Å². The summed E-state index contributed by atoms with van der Waals surface area (Å²) in [7, 11) is 0. The third kappa shape index (κ3) is 4.03. The minimum absolute atomic E-state index is 0.0181. The molecule has 2 unspecified atom stereocenters. The Hall–Kier alpha value is -1.89. The van der Waals surface area contributed by atoms with Crippen molar-refractivity contribution in [3.8, 4) is 0 Å². The molecule has 6 heteroatoms. The van der Waals surface area contributed by atoms with E-state index in [9.17, 15) is 4.79 Å². The molecule has 1 aliphatic carbocycles. The Balaban J connectivity index is 1.57. The van der Waals surface area contributed by atoms with Gasteiger partial charge in [0.05, 0.1) is 6.10 Å². The van der Waals surface area contributed by atoms with Crippen molar-refractivity contribution in [2.75, 3.05) is 11.9 Å². The molecule has 1 aromatic heterocycles. The monoisotopic (exact) mass is 385 g/mol. The van der Waals surface area contributed by atoms with Crippen LogP contribution < -0.4 is 11.1 Å². The lowest BCUT2D eigenvalue weighted by atomic mass is 9.54. The minimum Gasteiger partial charge on any atom is -0.378 e. The maximum Gasteiger partial charge on any atom is 0.245 e. The summed E-state index contributed by atoms with van der Waals surface area (Å²) in [6, 6.07) is 11.8. The first kappa shape index (κ1) is 19.9. The molecule has 3 rings (SSSR count). The van der Waals surface area contributed by atoms with E-state index in [1.807, 2.05) is 57.3 Å². The Morgan fingerprint density at radius 1 is 1.33 bits per heavy atom. The van der Waals surface area contributed by atoms with Crippen LogP contribution >= 0.6 is 11.8 Å². The Kier molecular flexibility index (Phi) is 5.89. The fourth-order valence-electron chi connectivity index (χ4n) is 3.35. The normalized spacial score (nSPS) is 23.5. The maximum absolute atomic E-state index is 12.8. The van der Waals surface area contributed by atoms with Gasteiger partial charge in [0.25, 0.3) is 0 Å². The number of amides is 1. The number of nitrogens with two attached hydrogens (primary N) is 1. The van der Waals surface area contributed by atoms with Crippen molar-refractivity contribution in [1.29, 1.82) is 0 Å². The van der Waals surface area contributed by atoms with Gasteiger partial charge in [-0.25, -0.2) is 0 Å². The van der Waals surface area contributed by atoms with E-state index < -0.39 is 11.0 Å². The number of rotatable bonds is 7. The molecule has 1 saturated carbocycles. The first-order valence-electron chi connectivity index (χ1n) is 9.20. The number of hydrogen-bond donors (Lipinski definition) is 2. The van der Waals surface area contributed by atoms with Gasteiger partial charge < -0.3 is 15.8 Å². The van der Waals surface area contributed by atoms with E-state index in [1.165, 1.54) is 5.56 Å². The highest BCUT2D eigenvalue weighted by atomic mass is 32.2. The third-order valence-electron chi connectivity index (χ3n) is 5.48. The molecule has 1 amide bonds. The molecule has 2 aromatic rings. The van der Waals surface area contributed by atoms with Crippen LogP contribution in [0.15, 0.2) is 53.7 Å². The first-order chi connectivity index (χ1) is 12.9. The maximum atomic E-state index is 12.8. The molecule has 0 aliphatic heterocycles. The molecule has 27 heavy (non-hydrogen) atoms. The average molecular weight is 386 g/mol. The number of anilines is 1. The van der Waals surface area contributed by atoms with Gasteiger partial charge in [-0.3, -0.25) is 9.78 Å². The van der Waals surface area contributed by atoms with Gasteiger partial charge in [0.15, 0.2) is 0 Å². The number of nitrogens with one attached hydrogen (secondary N) is 1. The molecule has 144 valence electrons. The van der Waals surface area contributed by atoms with Crippen LogP contribution in [0.25, 0.3) is 0 Å². The summed E-state index contributed by atoms with van der Waals surface area (Å²) in [4.78, 5) is 18.0. The number of carbonyl (C=O) groups excluding carboxylic acids is 1. The van der Waals surface area contributed by atoms with Gasteiger partial charge in [-0.15, -0.1) is 11.8 Å². The smallest absolute Gasteiger partial charge is 0.245 e. The van der Waals surface area contributed by atoms with E-state index in [1.54, 1.807) is 18.0 Å². The molecule has 0 radical (unpaired) electrons. The van der Waals surface area contributed by atoms with Crippen molar-refractivity contribution in [1.82, 2.24) is 4.98 Å². The summed E-state index contributed by atoms with van der Waals surface area (Å²) < 4.78 is 5.70. The van der Waals surface area contributed by atoms with Gasteiger partial charge in [0, 0.05) is 47.2 Å². The van der Waals surface area contributed by atoms with Crippen molar-refractivity contribution in [3.05, 3.63) is 54.4 Å². The molecule has 2 atom stereocenters. The molecule has 1 aromatic carbocycles. The Bertz CT molecular complexity index is 780.